The van der Waals surface area contributed by atoms with Crippen molar-refractivity contribution in [3.63, 3.8) is 0 Å². The Morgan fingerprint density at radius 1 is 0.733 bits per heavy atom. The first-order valence-corrected chi connectivity index (χ1v) is 9.37. The van der Waals surface area contributed by atoms with Crippen molar-refractivity contribution in [2.45, 2.75) is 61.4 Å². The summed E-state index contributed by atoms with van der Waals surface area (Å²) < 4.78 is 21.7. The van der Waals surface area contributed by atoms with Gasteiger partial charge in [0, 0.05) is 5.69 Å². The molecule has 10 atom stereocenters. The lowest BCUT2D eigenvalue weighted by Gasteiger charge is -2.45. The number of aliphatic hydroxyl groups excluding tert-OH is 7. The molecular weight excluding hydrogens is 406 g/mol. The van der Waals surface area contributed by atoms with E-state index in [1.54, 1.807) is 12.1 Å². The van der Waals surface area contributed by atoms with Crippen molar-refractivity contribution >= 4 is 5.69 Å². The van der Waals surface area contributed by atoms with E-state index in [0.29, 0.717) is 5.69 Å². The van der Waals surface area contributed by atoms with Gasteiger partial charge in [-0.3, -0.25) is 0 Å². The third kappa shape index (κ3) is 4.68. The van der Waals surface area contributed by atoms with Crippen molar-refractivity contribution < 1.29 is 54.7 Å². The first kappa shape index (κ1) is 23.1. The van der Waals surface area contributed by atoms with Gasteiger partial charge in [0.25, 0.3) is 0 Å². The van der Waals surface area contributed by atoms with Crippen LogP contribution in [0.2, 0.25) is 0 Å². The van der Waals surface area contributed by atoms with Crippen molar-refractivity contribution in [3.8, 4) is 5.75 Å². The highest BCUT2D eigenvalue weighted by molar-refractivity contribution is 5.41. The molecule has 3 rings (SSSR count). The van der Waals surface area contributed by atoms with Crippen LogP contribution in [0.1, 0.15) is 0 Å². The minimum Gasteiger partial charge on any atom is -0.462 e. The van der Waals surface area contributed by atoms with Crippen LogP contribution in [-0.2, 0) is 14.2 Å². The van der Waals surface area contributed by atoms with Gasteiger partial charge in [0.05, 0.1) is 13.2 Å². The second-order valence-corrected chi connectivity index (χ2v) is 7.19. The molecule has 12 heteroatoms. The van der Waals surface area contributed by atoms with Gasteiger partial charge in [0.1, 0.15) is 54.6 Å². The second-order valence-electron chi connectivity index (χ2n) is 7.19. The van der Waals surface area contributed by atoms with E-state index in [4.69, 9.17) is 24.7 Å². The molecule has 0 aliphatic carbocycles. The maximum atomic E-state index is 10.6. The molecule has 12 nitrogen and oxygen atoms in total. The van der Waals surface area contributed by atoms with E-state index < -0.39 is 74.6 Å². The van der Waals surface area contributed by atoms with Gasteiger partial charge < -0.3 is 60.4 Å². The molecule has 2 fully saturated rings. The van der Waals surface area contributed by atoms with E-state index in [1.165, 1.54) is 12.1 Å². The summed E-state index contributed by atoms with van der Waals surface area (Å²) in [7, 11) is 0. The summed E-state index contributed by atoms with van der Waals surface area (Å²) in [6, 6.07) is 6.17. The van der Waals surface area contributed by atoms with E-state index in [-0.39, 0.29) is 5.75 Å². The van der Waals surface area contributed by atoms with E-state index in [1.807, 2.05) is 0 Å². The molecule has 2 aliphatic rings. The Labute approximate surface area is 171 Å². The molecule has 2 aliphatic heterocycles. The van der Waals surface area contributed by atoms with Crippen LogP contribution >= 0.6 is 0 Å². The van der Waals surface area contributed by atoms with Gasteiger partial charge in [-0.2, -0.15) is 0 Å². The van der Waals surface area contributed by atoms with Crippen LogP contribution in [0.4, 0.5) is 5.69 Å². The highest BCUT2D eigenvalue weighted by atomic mass is 16.7. The standard InChI is InChI=1S/C18H27NO11/c19-7-1-3-8(4-2-7)27-18-15(26)16(12(23)10(6-21)29-18)30-17-14(25)13(24)11(22)9(5-20)28-17/h1-4,9-18,20-26H,5-6,19H2/t9-,10-,11+,12+,13-,14+,15-,16-,17+,18-/m0/s1. The zero-order valence-electron chi connectivity index (χ0n) is 15.8. The molecule has 0 amide bonds. The molecular formula is C18H27NO11. The fourth-order valence-electron chi connectivity index (χ4n) is 3.33. The Morgan fingerprint density at radius 2 is 1.30 bits per heavy atom. The molecule has 2 heterocycles. The number of hydrogen-bond acceptors (Lipinski definition) is 12. The number of benzene rings is 1. The maximum Gasteiger partial charge on any atom is 0.229 e. The molecule has 0 bridgehead atoms. The second kappa shape index (κ2) is 9.70. The van der Waals surface area contributed by atoms with Crippen molar-refractivity contribution in [2.24, 2.45) is 0 Å². The Morgan fingerprint density at radius 3 is 1.90 bits per heavy atom. The minimum atomic E-state index is -1.74. The van der Waals surface area contributed by atoms with Crippen LogP contribution in [0, 0.1) is 0 Å². The van der Waals surface area contributed by atoms with Gasteiger partial charge in [0.2, 0.25) is 6.29 Å². The number of ether oxygens (including phenoxy) is 4. The van der Waals surface area contributed by atoms with E-state index in [2.05, 4.69) is 0 Å². The summed E-state index contributed by atoms with van der Waals surface area (Å²) in [5, 5.41) is 69.8. The average Bonchev–Trinajstić information content (AvgIpc) is 2.74. The predicted molar refractivity (Wildman–Crippen MR) is 97.9 cm³/mol. The van der Waals surface area contributed by atoms with Gasteiger partial charge in [-0.25, -0.2) is 0 Å². The molecule has 2 saturated heterocycles. The summed E-state index contributed by atoms with van der Waals surface area (Å²) in [5.41, 5.74) is 6.10. The van der Waals surface area contributed by atoms with Gasteiger partial charge in [-0.15, -0.1) is 0 Å². The topological polar surface area (TPSA) is 205 Å². The Balaban J connectivity index is 1.76. The summed E-state index contributed by atoms with van der Waals surface area (Å²) in [6.45, 7) is -1.31. The van der Waals surface area contributed by atoms with Crippen LogP contribution in [0.5, 0.6) is 5.75 Å². The summed E-state index contributed by atoms with van der Waals surface area (Å²) in [5.74, 6) is 0.285. The molecule has 0 radical (unpaired) electrons. The van der Waals surface area contributed by atoms with Gasteiger partial charge >= 0.3 is 0 Å². The van der Waals surface area contributed by atoms with E-state index >= 15 is 0 Å². The molecule has 0 aromatic heterocycles. The largest absolute Gasteiger partial charge is 0.462 e. The monoisotopic (exact) mass is 433 g/mol. The summed E-state index contributed by atoms with van der Waals surface area (Å²) >= 11 is 0. The fourth-order valence-corrected chi connectivity index (χ4v) is 3.33. The lowest BCUT2D eigenvalue weighted by Crippen LogP contribution is -2.65. The lowest BCUT2D eigenvalue weighted by atomic mass is 9.97. The molecule has 9 N–H and O–H groups in total. The fraction of sp³-hybridized carbons (Fsp3) is 0.667. The molecule has 1 aromatic rings. The Bertz CT molecular complexity index is 675. The summed E-state index contributed by atoms with van der Waals surface area (Å²) in [6.07, 6.45) is -15.1. The van der Waals surface area contributed by atoms with Crippen molar-refractivity contribution in [1.82, 2.24) is 0 Å². The predicted octanol–water partition coefficient (Wildman–Crippen LogP) is -3.73. The third-order valence-electron chi connectivity index (χ3n) is 5.09. The van der Waals surface area contributed by atoms with Crippen molar-refractivity contribution in [2.75, 3.05) is 18.9 Å². The maximum absolute atomic E-state index is 10.6. The van der Waals surface area contributed by atoms with Crippen LogP contribution in [0.25, 0.3) is 0 Å². The average molecular weight is 433 g/mol. The molecule has 0 spiro atoms. The van der Waals surface area contributed by atoms with Crippen LogP contribution in [-0.4, -0.2) is 110 Å². The van der Waals surface area contributed by atoms with E-state index in [9.17, 15) is 35.7 Å². The van der Waals surface area contributed by atoms with Crippen LogP contribution in [0.15, 0.2) is 24.3 Å². The smallest absolute Gasteiger partial charge is 0.229 e. The zero-order chi connectivity index (χ0) is 22.0. The number of nitrogens with two attached hydrogens (primary N) is 1. The normalized spacial score (nSPS) is 42.1. The van der Waals surface area contributed by atoms with Gasteiger partial charge in [0.15, 0.2) is 6.29 Å². The third-order valence-corrected chi connectivity index (χ3v) is 5.09. The first-order valence-electron chi connectivity index (χ1n) is 9.37. The van der Waals surface area contributed by atoms with Gasteiger partial charge in [-0.1, -0.05) is 0 Å². The van der Waals surface area contributed by atoms with Crippen LogP contribution in [0.3, 0.4) is 0 Å². The number of anilines is 1. The SMILES string of the molecule is Nc1ccc(O[C@H]2O[C@@H](CO)[C@@H](O)[C@H](O[C@H]3O[C@@H](CO)[C@@H](O)[C@H](O)[C@H]3O)[C@@H]2O)cc1. The molecule has 0 saturated carbocycles. The molecule has 170 valence electrons. The first-order chi connectivity index (χ1) is 14.3. The highest BCUT2D eigenvalue weighted by Gasteiger charge is 2.51. The molecule has 1 aromatic carbocycles. The summed E-state index contributed by atoms with van der Waals surface area (Å²) in [4.78, 5) is 0. The number of rotatable bonds is 6. The minimum absolute atomic E-state index is 0.285. The van der Waals surface area contributed by atoms with Crippen molar-refractivity contribution in [1.29, 1.82) is 0 Å². The number of hydrogen-bond donors (Lipinski definition) is 8. The van der Waals surface area contributed by atoms with Gasteiger partial charge in [-0.05, 0) is 24.3 Å². The molecule has 0 unspecified atom stereocenters. The quantitative estimate of drug-likeness (QED) is 0.204. The van der Waals surface area contributed by atoms with E-state index in [0.717, 1.165) is 0 Å². The highest BCUT2D eigenvalue weighted by Crippen LogP contribution is 2.30. The molecule has 30 heavy (non-hydrogen) atoms. The Kier molecular flexibility index (Phi) is 7.47. The Hall–Kier alpha value is -1.58. The lowest BCUT2D eigenvalue weighted by molar-refractivity contribution is -0.352. The van der Waals surface area contributed by atoms with Crippen molar-refractivity contribution in [3.05, 3.63) is 24.3 Å². The van der Waals surface area contributed by atoms with Crippen LogP contribution < -0.4 is 10.5 Å². The zero-order valence-corrected chi connectivity index (χ0v) is 15.8. The number of nitrogen functional groups attached to an aromatic ring is 1. The number of aliphatic hydroxyl groups is 7.